The number of nitrogens with zero attached hydrogens (tertiary/aromatic N) is 4. The van der Waals surface area contributed by atoms with Crippen LogP contribution in [0.4, 0.5) is 11.5 Å². The van der Waals surface area contributed by atoms with Gasteiger partial charge >= 0.3 is 0 Å². The summed E-state index contributed by atoms with van der Waals surface area (Å²) in [5.74, 6) is 0.210. The maximum atomic E-state index is 10.5. The summed E-state index contributed by atoms with van der Waals surface area (Å²) in [5.41, 5.74) is 6.42. The molecule has 0 aliphatic heterocycles. The number of nitro benzene ring substituents is 1. The third-order valence-corrected chi connectivity index (χ3v) is 2.25. The number of nitro groups is 1. The number of nitriles is 1. The Hall–Kier alpha value is -2.88. The van der Waals surface area contributed by atoms with E-state index >= 15 is 0 Å². The summed E-state index contributed by atoms with van der Waals surface area (Å²) in [4.78, 5) is 13.8. The summed E-state index contributed by atoms with van der Waals surface area (Å²) in [6, 6.07) is 7.65. The summed E-state index contributed by atoms with van der Waals surface area (Å²) < 4.78 is 1.49. The van der Waals surface area contributed by atoms with Gasteiger partial charge in [0.1, 0.15) is 18.2 Å². The molecule has 0 aliphatic carbocycles. The number of hydrogen-bond acceptors (Lipinski definition) is 5. The molecule has 84 valence electrons. The van der Waals surface area contributed by atoms with Gasteiger partial charge in [-0.15, -0.1) is 0 Å². The number of nitrogens with two attached hydrogens (primary N) is 1. The fourth-order valence-electron chi connectivity index (χ4n) is 1.38. The van der Waals surface area contributed by atoms with Crippen LogP contribution in [0.2, 0.25) is 0 Å². The molecular formula is C10H7N5O2. The number of imidazole rings is 1. The number of hydrogen-bond donors (Lipinski definition) is 1. The molecule has 0 spiro atoms. The molecule has 1 aromatic carbocycles. The van der Waals surface area contributed by atoms with E-state index in [1.807, 2.05) is 6.07 Å². The van der Waals surface area contributed by atoms with Crippen molar-refractivity contribution in [3.8, 4) is 11.8 Å². The minimum absolute atomic E-state index is 0.00653. The fourth-order valence-corrected chi connectivity index (χ4v) is 1.38. The Morgan fingerprint density at radius 2 is 2.06 bits per heavy atom. The van der Waals surface area contributed by atoms with Crippen molar-refractivity contribution >= 4 is 11.5 Å². The van der Waals surface area contributed by atoms with Crippen LogP contribution >= 0.6 is 0 Å². The number of aromatic nitrogens is 2. The Bertz CT molecular complexity index is 609. The first-order chi connectivity index (χ1) is 8.13. The smallest absolute Gasteiger partial charge is 0.269 e. The standard InChI is InChI=1S/C10H7N5O2/c11-5-9-10(12)14(6-13-9)7-1-3-8(4-2-7)15(16)17/h1-4,6H,12H2. The van der Waals surface area contributed by atoms with Crippen LogP contribution in [0.5, 0.6) is 0 Å². The SMILES string of the molecule is N#Cc1ncn(-c2ccc([N+](=O)[O-])cc2)c1N. The zero-order chi connectivity index (χ0) is 12.4. The lowest BCUT2D eigenvalue weighted by Crippen LogP contribution is -2.00. The summed E-state index contributed by atoms with van der Waals surface area (Å²) in [5, 5.41) is 19.2. The molecule has 0 fully saturated rings. The molecule has 7 heteroatoms. The third kappa shape index (κ3) is 1.79. The minimum Gasteiger partial charge on any atom is -0.382 e. The predicted octanol–water partition coefficient (Wildman–Crippen LogP) is 1.23. The van der Waals surface area contributed by atoms with Crippen molar-refractivity contribution in [1.82, 2.24) is 9.55 Å². The Morgan fingerprint density at radius 3 is 2.53 bits per heavy atom. The van der Waals surface area contributed by atoms with E-state index < -0.39 is 4.92 Å². The molecule has 17 heavy (non-hydrogen) atoms. The lowest BCUT2D eigenvalue weighted by atomic mass is 10.3. The van der Waals surface area contributed by atoms with E-state index in [4.69, 9.17) is 11.0 Å². The Morgan fingerprint density at radius 1 is 1.41 bits per heavy atom. The van der Waals surface area contributed by atoms with Crippen molar-refractivity contribution in [2.75, 3.05) is 5.73 Å². The van der Waals surface area contributed by atoms with Crippen molar-refractivity contribution in [3.63, 3.8) is 0 Å². The summed E-state index contributed by atoms with van der Waals surface area (Å²) in [6.45, 7) is 0. The molecular weight excluding hydrogens is 222 g/mol. The largest absolute Gasteiger partial charge is 0.382 e. The highest BCUT2D eigenvalue weighted by Gasteiger charge is 2.10. The van der Waals surface area contributed by atoms with Gasteiger partial charge in [0, 0.05) is 17.8 Å². The molecule has 0 saturated carbocycles. The highest BCUT2D eigenvalue weighted by atomic mass is 16.6. The van der Waals surface area contributed by atoms with E-state index in [-0.39, 0.29) is 17.2 Å². The number of rotatable bonds is 2. The summed E-state index contributed by atoms with van der Waals surface area (Å²) in [6.07, 6.45) is 1.40. The highest BCUT2D eigenvalue weighted by molar-refractivity contribution is 5.52. The molecule has 7 nitrogen and oxygen atoms in total. The van der Waals surface area contributed by atoms with Gasteiger partial charge < -0.3 is 5.73 Å². The van der Waals surface area contributed by atoms with Crippen LogP contribution in [0, 0.1) is 21.4 Å². The van der Waals surface area contributed by atoms with Gasteiger partial charge in [-0.1, -0.05) is 0 Å². The molecule has 0 saturated heterocycles. The van der Waals surface area contributed by atoms with Gasteiger partial charge in [-0.25, -0.2) is 4.98 Å². The number of nitrogen functional groups attached to an aromatic ring is 1. The number of anilines is 1. The average Bonchev–Trinajstić information content (AvgIpc) is 2.70. The minimum atomic E-state index is -0.484. The maximum Gasteiger partial charge on any atom is 0.269 e. The van der Waals surface area contributed by atoms with Gasteiger partial charge in [0.15, 0.2) is 5.69 Å². The van der Waals surface area contributed by atoms with Crippen molar-refractivity contribution in [3.05, 3.63) is 46.4 Å². The first kappa shape index (κ1) is 10.6. The first-order valence-corrected chi connectivity index (χ1v) is 4.61. The van der Waals surface area contributed by atoms with Crippen molar-refractivity contribution in [2.24, 2.45) is 0 Å². The number of non-ortho nitro benzene ring substituents is 1. The van der Waals surface area contributed by atoms with Gasteiger partial charge in [0.25, 0.3) is 5.69 Å². The molecule has 0 amide bonds. The summed E-state index contributed by atoms with van der Waals surface area (Å²) in [7, 11) is 0. The predicted molar refractivity (Wildman–Crippen MR) is 59.3 cm³/mol. The van der Waals surface area contributed by atoms with E-state index in [0.717, 1.165) is 0 Å². The molecule has 0 aliphatic rings. The van der Waals surface area contributed by atoms with Crippen molar-refractivity contribution in [2.45, 2.75) is 0 Å². The van der Waals surface area contributed by atoms with E-state index in [9.17, 15) is 10.1 Å². The van der Waals surface area contributed by atoms with Crippen LogP contribution in [0.3, 0.4) is 0 Å². The topological polar surface area (TPSA) is 111 Å². The molecule has 0 atom stereocenters. The second-order valence-electron chi connectivity index (χ2n) is 3.23. The van der Waals surface area contributed by atoms with E-state index in [2.05, 4.69) is 4.98 Å². The second kappa shape index (κ2) is 3.94. The van der Waals surface area contributed by atoms with Gasteiger partial charge in [-0.05, 0) is 12.1 Å². The monoisotopic (exact) mass is 229 g/mol. The molecule has 0 bridgehead atoms. The fraction of sp³-hybridized carbons (Fsp3) is 0. The lowest BCUT2D eigenvalue weighted by molar-refractivity contribution is -0.384. The van der Waals surface area contributed by atoms with Crippen LogP contribution < -0.4 is 5.73 Å². The van der Waals surface area contributed by atoms with Gasteiger partial charge in [-0.3, -0.25) is 14.7 Å². The van der Waals surface area contributed by atoms with Crippen LogP contribution in [0.1, 0.15) is 5.69 Å². The van der Waals surface area contributed by atoms with Crippen LogP contribution in [0.25, 0.3) is 5.69 Å². The Kier molecular flexibility index (Phi) is 2.46. The average molecular weight is 229 g/mol. The zero-order valence-corrected chi connectivity index (χ0v) is 8.57. The van der Waals surface area contributed by atoms with Gasteiger partial charge in [0.2, 0.25) is 0 Å². The highest BCUT2D eigenvalue weighted by Crippen LogP contribution is 2.19. The second-order valence-corrected chi connectivity index (χ2v) is 3.23. The van der Waals surface area contributed by atoms with Gasteiger partial charge in [0.05, 0.1) is 4.92 Å². The molecule has 1 aromatic heterocycles. The maximum absolute atomic E-state index is 10.5. The van der Waals surface area contributed by atoms with Crippen molar-refractivity contribution in [1.29, 1.82) is 5.26 Å². The molecule has 2 aromatic rings. The van der Waals surface area contributed by atoms with E-state index in [1.165, 1.54) is 35.2 Å². The van der Waals surface area contributed by atoms with Crippen molar-refractivity contribution < 1.29 is 4.92 Å². The molecule has 0 radical (unpaired) electrons. The number of benzene rings is 1. The van der Waals surface area contributed by atoms with Gasteiger partial charge in [-0.2, -0.15) is 5.26 Å². The van der Waals surface area contributed by atoms with Crippen LogP contribution in [-0.2, 0) is 0 Å². The Labute approximate surface area is 95.9 Å². The third-order valence-electron chi connectivity index (χ3n) is 2.25. The van der Waals surface area contributed by atoms with E-state index in [1.54, 1.807) is 0 Å². The normalized spacial score (nSPS) is 9.82. The van der Waals surface area contributed by atoms with E-state index in [0.29, 0.717) is 5.69 Å². The van der Waals surface area contributed by atoms with Crippen LogP contribution in [-0.4, -0.2) is 14.5 Å². The molecule has 2 N–H and O–H groups in total. The molecule has 2 rings (SSSR count). The molecule has 1 heterocycles. The zero-order valence-electron chi connectivity index (χ0n) is 8.57. The Balaban J connectivity index is 2.44. The van der Waals surface area contributed by atoms with Crippen LogP contribution in [0.15, 0.2) is 30.6 Å². The summed E-state index contributed by atoms with van der Waals surface area (Å²) >= 11 is 0. The first-order valence-electron chi connectivity index (χ1n) is 4.61. The lowest BCUT2D eigenvalue weighted by Gasteiger charge is -2.03. The molecule has 0 unspecified atom stereocenters. The quantitative estimate of drug-likeness (QED) is 0.615.